The van der Waals surface area contributed by atoms with Gasteiger partial charge in [-0.05, 0) is 13.0 Å². The van der Waals surface area contributed by atoms with E-state index in [1.54, 1.807) is 6.20 Å². The van der Waals surface area contributed by atoms with Crippen molar-refractivity contribution >= 4 is 0 Å². The van der Waals surface area contributed by atoms with Crippen molar-refractivity contribution < 1.29 is 0 Å². The summed E-state index contributed by atoms with van der Waals surface area (Å²) in [6.45, 7) is 5.63. The van der Waals surface area contributed by atoms with Gasteiger partial charge in [0.25, 0.3) is 0 Å². The molecule has 1 heterocycles. The Balaban J connectivity index is 2.62. The molecule has 1 aromatic heterocycles. The summed E-state index contributed by atoms with van der Waals surface area (Å²) in [7, 11) is 0. The van der Waals surface area contributed by atoms with Crippen molar-refractivity contribution in [2.45, 2.75) is 39.3 Å². The second-order valence-corrected chi connectivity index (χ2v) is 3.49. The maximum atomic E-state index is 8.93. The number of imidazole rings is 1. The Bertz CT molecular complexity index is 324. The molecule has 1 unspecified atom stereocenters. The van der Waals surface area contributed by atoms with Crippen LogP contribution in [-0.4, -0.2) is 22.1 Å². The molecule has 4 nitrogen and oxygen atoms in total. The third-order valence-electron chi connectivity index (χ3n) is 2.26. The third-order valence-corrected chi connectivity index (χ3v) is 2.26. The fraction of sp³-hybridized carbons (Fsp3) is 0.636. The van der Waals surface area contributed by atoms with Gasteiger partial charge in [-0.2, -0.15) is 5.26 Å². The van der Waals surface area contributed by atoms with Crippen LogP contribution >= 0.6 is 0 Å². The molecule has 4 heteroatoms. The van der Waals surface area contributed by atoms with Crippen molar-refractivity contribution in [3.63, 3.8) is 0 Å². The molecule has 15 heavy (non-hydrogen) atoms. The van der Waals surface area contributed by atoms with Gasteiger partial charge in [0.1, 0.15) is 11.9 Å². The molecule has 0 radical (unpaired) electrons. The van der Waals surface area contributed by atoms with Gasteiger partial charge in [-0.3, -0.25) is 0 Å². The molecule has 82 valence electrons. The standard InChI is InChI=1S/C11H18N4/c1-3-5-11-14-6-7-15(11)9-10(8-12)13-4-2/h6-7,10,13H,3-5,9H2,1-2H3. The minimum Gasteiger partial charge on any atom is -0.332 e. The van der Waals surface area contributed by atoms with E-state index in [0.29, 0.717) is 6.54 Å². The first-order chi connectivity index (χ1) is 7.31. The van der Waals surface area contributed by atoms with Gasteiger partial charge in [-0.1, -0.05) is 13.8 Å². The molecule has 0 spiro atoms. The lowest BCUT2D eigenvalue weighted by atomic mass is 10.3. The summed E-state index contributed by atoms with van der Waals surface area (Å²) in [6.07, 6.45) is 5.78. The van der Waals surface area contributed by atoms with E-state index in [-0.39, 0.29) is 6.04 Å². The monoisotopic (exact) mass is 206 g/mol. The van der Waals surface area contributed by atoms with Gasteiger partial charge in [0.15, 0.2) is 0 Å². The Labute approximate surface area is 90.9 Å². The van der Waals surface area contributed by atoms with Gasteiger partial charge in [0, 0.05) is 18.8 Å². The molecule has 0 aromatic carbocycles. The number of aromatic nitrogens is 2. The zero-order valence-corrected chi connectivity index (χ0v) is 9.40. The molecule has 0 saturated carbocycles. The number of aryl methyl sites for hydroxylation is 1. The Kier molecular flexibility index (Phi) is 4.85. The first-order valence-electron chi connectivity index (χ1n) is 5.44. The summed E-state index contributed by atoms with van der Waals surface area (Å²) in [5, 5.41) is 12.1. The van der Waals surface area contributed by atoms with Gasteiger partial charge in [0.2, 0.25) is 0 Å². The average molecular weight is 206 g/mol. The smallest absolute Gasteiger partial charge is 0.113 e. The van der Waals surface area contributed by atoms with Crippen LogP contribution in [-0.2, 0) is 13.0 Å². The molecule has 1 aromatic rings. The zero-order chi connectivity index (χ0) is 11.1. The summed E-state index contributed by atoms with van der Waals surface area (Å²) < 4.78 is 2.06. The van der Waals surface area contributed by atoms with Gasteiger partial charge in [-0.15, -0.1) is 0 Å². The molecule has 1 rings (SSSR count). The van der Waals surface area contributed by atoms with Crippen LogP contribution in [0.1, 0.15) is 26.1 Å². The summed E-state index contributed by atoms with van der Waals surface area (Å²) in [5.41, 5.74) is 0. The largest absolute Gasteiger partial charge is 0.332 e. The van der Waals surface area contributed by atoms with Crippen LogP contribution in [0.15, 0.2) is 12.4 Å². The number of nitrogens with one attached hydrogen (secondary N) is 1. The molecular weight excluding hydrogens is 188 g/mol. The lowest BCUT2D eigenvalue weighted by Crippen LogP contribution is -2.32. The van der Waals surface area contributed by atoms with Crippen LogP contribution in [0, 0.1) is 11.3 Å². The number of hydrogen-bond donors (Lipinski definition) is 1. The second kappa shape index (κ2) is 6.20. The van der Waals surface area contributed by atoms with Crippen LogP contribution in [0.3, 0.4) is 0 Å². The Hall–Kier alpha value is -1.34. The maximum Gasteiger partial charge on any atom is 0.113 e. The number of rotatable bonds is 6. The zero-order valence-electron chi connectivity index (χ0n) is 9.40. The van der Waals surface area contributed by atoms with Crippen LogP contribution in [0.2, 0.25) is 0 Å². The Morgan fingerprint density at radius 1 is 1.60 bits per heavy atom. The molecule has 0 amide bonds. The molecule has 0 saturated heterocycles. The molecule has 0 aliphatic carbocycles. The molecule has 1 atom stereocenters. The lowest BCUT2D eigenvalue weighted by Gasteiger charge is -2.12. The summed E-state index contributed by atoms with van der Waals surface area (Å²) in [4.78, 5) is 4.28. The quantitative estimate of drug-likeness (QED) is 0.764. The van der Waals surface area contributed by atoms with Gasteiger partial charge >= 0.3 is 0 Å². The first-order valence-corrected chi connectivity index (χ1v) is 5.44. The van der Waals surface area contributed by atoms with Crippen molar-refractivity contribution in [3.05, 3.63) is 18.2 Å². The maximum absolute atomic E-state index is 8.93. The minimum atomic E-state index is -0.125. The van der Waals surface area contributed by atoms with E-state index in [0.717, 1.165) is 25.2 Å². The molecule has 1 N–H and O–H groups in total. The van der Waals surface area contributed by atoms with E-state index < -0.39 is 0 Å². The van der Waals surface area contributed by atoms with Crippen LogP contribution in [0.5, 0.6) is 0 Å². The highest BCUT2D eigenvalue weighted by Gasteiger charge is 2.08. The van der Waals surface area contributed by atoms with E-state index in [2.05, 4.69) is 27.9 Å². The predicted octanol–water partition coefficient (Wildman–Crippen LogP) is 1.34. The molecule has 0 bridgehead atoms. The van der Waals surface area contributed by atoms with Crippen molar-refractivity contribution in [2.75, 3.05) is 6.54 Å². The SMILES string of the molecule is CCCc1nccn1CC(C#N)NCC. The van der Waals surface area contributed by atoms with Crippen LogP contribution in [0.25, 0.3) is 0 Å². The van der Waals surface area contributed by atoms with E-state index in [1.165, 1.54) is 0 Å². The molecule has 0 aliphatic rings. The molecular formula is C11H18N4. The fourth-order valence-corrected chi connectivity index (χ4v) is 1.55. The molecule has 0 fully saturated rings. The van der Waals surface area contributed by atoms with Crippen LogP contribution < -0.4 is 5.32 Å². The van der Waals surface area contributed by atoms with E-state index in [9.17, 15) is 0 Å². The lowest BCUT2D eigenvalue weighted by molar-refractivity contribution is 0.520. The first kappa shape index (κ1) is 11.7. The van der Waals surface area contributed by atoms with Crippen LogP contribution in [0.4, 0.5) is 0 Å². The Morgan fingerprint density at radius 3 is 3.00 bits per heavy atom. The summed E-state index contributed by atoms with van der Waals surface area (Å²) in [6, 6.07) is 2.13. The number of likely N-dealkylation sites (N-methyl/N-ethyl adjacent to an activating group) is 1. The van der Waals surface area contributed by atoms with E-state index >= 15 is 0 Å². The predicted molar refractivity (Wildman–Crippen MR) is 59.3 cm³/mol. The van der Waals surface area contributed by atoms with Crippen molar-refractivity contribution in [3.8, 4) is 6.07 Å². The average Bonchev–Trinajstić information content (AvgIpc) is 2.66. The molecule has 0 aliphatic heterocycles. The van der Waals surface area contributed by atoms with Crippen molar-refractivity contribution in [2.24, 2.45) is 0 Å². The fourth-order valence-electron chi connectivity index (χ4n) is 1.55. The van der Waals surface area contributed by atoms with E-state index in [1.807, 2.05) is 13.1 Å². The Morgan fingerprint density at radius 2 is 2.40 bits per heavy atom. The number of nitrogens with zero attached hydrogens (tertiary/aromatic N) is 3. The minimum absolute atomic E-state index is 0.125. The van der Waals surface area contributed by atoms with Crippen molar-refractivity contribution in [1.29, 1.82) is 5.26 Å². The van der Waals surface area contributed by atoms with Gasteiger partial charge < -0.3 is 9.88 Å². The topological polar surface area (TPSA) is 53.6 Å². The number of nitriles is 1. The number of hydrogen-bond acceptors (Lipinski definition) is 3. The summed E-state index contributed by atoms with van der Waals surface area (Å²) in [5.74, 6) is 1.07. The highest BCUT2D eigenvalue weighted by molar-refractivity contribution is 4.97. The van der Waals surface area contributed by atoms with Gasteiger partial charge in [-0.25, -0.2) is 4.98 Å². The van der Waals surface area contributed by atoms with Gasteiger partial charge in [0.05, 0.1) is 12.6 Å². The summed E-state index contributed by atoms with van der Waals surface area (Å²) >= 11 is 0. The second-order valence-electron chi connectivity index (χ2n) is 3.49. The van der Waals surface area contributed by atoms with E-state index in [4.69, 9.17) is 5.26 Å². The highest BCUT2D eigenvalue weighted by Crippen LogP contribution is 2.02. The normalized spacial score (nSPS) is 12.3. The highest BCUT2D eigenvalue weighted by atomic mass is 15.1. The van der Waals surface area contributed by atoms with Crippen molar-refractivity contribution in [1.82, 2.24) is 14.9 Å². The third kappa shape index (κ3) is 3.37.